The fourth-order valence-corrected chi connectivity index (χ4v) is 1.94. The third kappa shape index (κ3) is 1.50. The molecule has 2 N–H and O–H groups in total. The molecule has 1 unspecified atom stereocenters. The largest absolute Gasteiger partial charge is 0.459 e. The van der Waals surface area contributed by atoms with Gasteiger partial charge in [0.05, 0.1) is 11.4 Å². The number of hydrogen-bond acceptors (Lipinski definition) is 2. The van der Waals surface area contributed by atoms with Crippen molar-refractivity contribution < 1.29 is 13.2 Å². The minimum Gasteiger partial charge on any atom is -0.459 e. The van der Waals surface area contributed by atoms with E-state index in [2.05, 4.69) is 0 Å². The molecular formula is C12H11F2NO. The van der Waals surface area contributed by atoms with Gasteiger partial charge in [-0.1, -0.05) is 0 Å². The highest BCUT2D eigenvalue weighted by atomic mass is 19.1. The van der Waals surface area contributed by atoms with Gasteiger partial charge in [-0.25, -0.2) is 8.78 Å². The molecule has 1 aromatic heterocycles. The van der Waals surface area contributed by atoms with E-state index in [1.54, 1.807) is 6.07 Å². The van der Waals surface area contributed by atoms with E-state index in [0.717, 1.165) is 18.9 Å². The van der Waals surface area contributed by atoms with Gasteiger partial charge in [0.1, 0.15) is 23.0 Å². The smallest absolute Gasteiger partial charge is 0.140 e. The van der Waals surface area contributed by atoms with Gasteiger partial charge in [0, 0.05) is 12.1 Å². The number of rotatable bonds is 2. The van der Waals surface area contributed by atoms with Crippen molar-refractivity contribution in [1.29, 1.82) is 0 Å². The fraction of sp³-hybridized carbons (Fsp3) is 0.333. The first kappa shape index (κ1) is 9.78. The Balaban J connectivity index is 2.11. The van der Waals surface area contributed by atoms with E-state index < -0.39 is 11.6 Å². The molecule has 0 aliphatic heterocycles. The Labute approximate surface area is 91.0 Å². The molecule has 0 radical (unpaired) electrons. The van der Waals surface area contributed by atoms with E-state index in [1.807, 2.05) is 0 Å². The van der Waals surface area contributed by atoms with Gasteiger partial charge in [-0.3, -0.25) is 0 Å². The quantitative estimate of drug-likeness (QED) is 0.849. The molecule has 1 aromatic carbocycles. The zero-order chi connectivity index (χ0) is 11.3. The van der Waals surface area contributed by atoms with Crippen molar-refractivity contribution in [3.8, 4) is 0 Å². The predicted molar refractivity (Wildman–Crippen MR) is 55.8 cm³/mol. The Morgan fingerprint density at radius 3 is 2.69 bits per heavy atom. The second kappa shape index (κ2) is 3.28. The highest BCUT2D eigenvalue weighted by Gasteiger charge is 2.31. The van der Waals surface area contributed by atoms with Crippen LogP contribution in [0.15, 0.2) is 22.6 Å². The van der Waals surface area contributed by atoms with Crippen LogP contribution in [0.5, 0.6) is 0 Å². The highest BCUT2D eigenvalue weighted by molar-refractivity contribution is 5.78. The number of benzene rings is 1. The van der Waals surface area contributed by atoms with Crippen molar-refractivity contribution in [1.82, 2.24) is 0 Å². The summed E-state index contributed by atoms with van der Waals surface area (Å²) in [6.07, 6.45) is 2.16. The average molecular weight is 223 g/mol. The minimum absolute atomic E-state index is 0.199. The lowest BCUT2D eigenvalue weighted by Crippen LogP contribution is -2.10. The van der Waals surface area contributed by atoms with Crippen molar-refractivity contribution in [3.63, 3.8) is 0 Å². The lowest BCUT2D eigenvalue weighted by atomic mass is 10.1. The average Bonchev–Trinajstić information content (AvgIpc) is 2.97. The molecule has 1 atom stereocenters. The van der Waals surface area contributed by atoms with E-state index >= 15 is 0 Å². The minimum atomic E-state index is -0.633. The van der Waals surface area contributed by atoms with Gasteiger partial charge in [0.25, 0.3) is 0 Å². The monoisotopic (exact) mass is 223 g/mol. The zero-order valence-electron chi connectivity index (χ0n) is 8.54. The van der Waals surface area contributed by atoms with Crippen molar-refractivity contribution in [3.05, 3.63) is 35.6 Å². The van der Waals surface area contributed by atoms with Gasteiger partial charge in [-0.05, 0) is 24.8 Å². The van der Waals surface area contributed by atoms with Crippen LogP contribution in [0, 0.1) is 17.6 Å². The third-order valence-corrected chi connectivity index (χ3v) is 3.03. The summed E-state index contributed by atoms with van der Waals surface area (Å²) in [6, 6.07) is 3.41. The number of hydrogen-bond donors (Lipinski definition) is 1. The summed E-state index contributed by atoms with van der Waals surface area (Å²) >= 11 is 0. The molecule has 0 bridgehead atoms. The van der Waals surface area contributed by atoms with Crippen LogP contribution in [0.4, 0.5) is 8.78 Å². The molecule has 4 heteroatoms. The van der Waals surface area contributed by atoms with Crippen LogP contribution in [-0.4, -0.2) is 0 Å². The van der Waals surface area contributed by atoms with E-state index in [-0.39, 0.29) is 11.6 Å². The first-order valence-corrected chi connectivity index (χ1v) is 5.29. The molecule has 1 fully saturated rings. The van der Waals surface area contributed by atoms with Crippen LogP contribution in [0.25, 0.3) is 11.0 Å². The standard InChI is InChI=1S/C12H11F2NO/c13-7-3-9(14)8-5-11(16-10(8)4-7)12(15)6-1-2-6/h3-6,12H,1-2,15H2. The van der Waals surface area contributed by atoms with Crippen molar-refractivity contribution in [2.45, 2.75) is 18.9 Å². The van der Waals surface area contributed by atoms with Crippen molar-refractivity contribution in [2.24, 2.45) is 11.7 Å². The summed E-state index contributed by atoms with van der Waals surface area (Å²) < 4.78 is 31.7. The molecule has 2 aromatic rings. The Morgan fingerprint density at radius 2 is 2.00 bits per heavy atom. The van der Waals surface area contributed by atoms with Crippen LogP contribution in [0.2, 0.25) is 0 Å². The van der Waals surface area contributed by atoms with Crippen molar-refractivity contribution >= 4 is 11.0 Å². The van der Waals surface area contributed by atoms with E-state index in [0.29, 0.717) is 17.1 Å². The van der Waals surface area contributed by atoms with Crippen LogP contribution >= 0.6 is 0 Å². The van der Waals surface area contributed by atoms with Gasteiger partial charge < -0.3 is 10.2 Å². The van der Waals surface area contributed by atoms with Crippen LogP contribution in [0.1, 0.15) is 24.6 Å². The fourth-order valence-electron chi connectivity index (χ4n) is 1.94. The van der Waals surface area contributed by atoms with Crippen LogP contribution in [-0.2, 0) is 0 Å². The number of nitrogens with two attached hydrogens (primary N) is 1. The SMILES string of the molecule is NC(c1cc2c(F)cc(F)cc2o1)C1CC1. The highest BCUT2D eigenvalue weighted by Crippen LogP contribution is 2.41. The molecule has 1 aliphatic rings. The Kier molecular flexibility index (Phi) is 2.01. The van der Waals surface area contributed by atoms with Gasteiger partial charge in [0.2, 0.25) is 0 Å². The normalized spacial score (nSPS) is 17.9. The molecule has 0 saturated heterocycles. The maximum Gasteiger partial charge on any atom is 0.140 e. The Hall–Kier alpha value is -1.42. The first-order chi connectivity index (χ1) is 7.65. The van der Waals surface area contributed by atoms with E-state index in [4.69, 9.17) is 10.2 Å². The summed E-state index contributed by atoms with van der Waals surface area (Å²) in [5.74, 6) is -0.269. The lowest BCUT2D eigenvalue weighted by Gasteiger charge is -2.04. The lowest BCUT2D eigenvalue weighted by molar-refractivity contribution is 0.465. The van der Waals surface area contributed by atoms with Gasteiger partial charge in [0.15, 0.2) is 0 Å². The van der Waals surface area contributed by atoms with Crippen molar-refractivity contribution in [2.75, 3.05) is 0 Å². The third-order valence-electron chi connectivity index (χ3n) is 3.03. The Bertz CT molecular complexity index is 545. The zero-order valence-corrected chi connectivity index (χ0v) is 8.54. The Morgan fingerprint density at radius 1 is 1.25 bits per heavy atom. The molecule has 0 spiro atoms. The van der Waals surface area contributed by atoms with E-state index in [9.17, 15) is 8.78 Å². The maximum atomic E-state index is 13.4. The molecule has 16 heavy (non-hydrogen) atoms. The summed E-state index contributed by atoms with van der Waals surface area (Å²) in [7, 11) is 0. The molecule has 1 saturated carbocycles. The predicted octanol–water partition coefficient (Wildman–Crippen LogP) is 3.12. The molecule has 84 valence electrons. The topological polar surface area (TPSA) is 39.2 Å². The number of halogens is 2. The molecule has 3 rings (SSSR count). The molecular weight excluding hydrogens is 212 g/mol. The van der Waals surface area contributed by atoms with Gasteiger partial charge in [-0.15, -0.1) is 0 Å². The summed E-state index contributed by atoms with van der Waals surface area (Å²) in [6.45, 7) is 0. The number of furan rings is 1. The molecule has 1 heterocycles. The van der Waals surface area contributed by atoms with Crippen LogP contribution in [0.3, 0.4) is 0 Å². The summed E-state index contributed by atoms with van der Waals surface area (Å²) in [4.78, 5) is 0. The molecule has 1 aliphatic carbocycles. The van der Waals surface area contributed by atoms with Gasteiger partial charge in [-0.2, -0.15) is 0 Å². The maximum absolute atomic E-state index is 13.4. The second-order valence-electron chi connectivity index (χ2n) is 4.31. The second-order valence-corrected chi connectivity index (χ2v) is 4.31. The molecule has 0 amide bonds. The van der Waals surface area contributed by atoms with E-state index in [1.165, 1.54) is 6.07 Å². The molecule has 2 nitrogen and oxygen atoms in total. The van der Waals surface area contributed by atoms with Crippen LogP contribution < -0.4 is 5.73 Å². The number of fused-ring (bicyclic) bond motifs is 1. The summed E-state index contributed by atoms with van der Waals surface area (Å²) in [5, 5.41) is 0.299. The first-order valence-electron chi connectivity index (χ1n) is 5.29. The summed E-state index contributed by atoms with van der Waals surface area (Å²) in [5.41, 5.74) is 6.17. The van der Waals surface area contributed by atoms with Gasteiger partial charge >= 0.3 is 0 Å².